The molecule has 8 nitrogen and oxygen atoms in total. The number of para-hydroxylation sites is 2. The van der Waals surface area contributed by atoms with E-state index in [1.165, 1.54) is 14.2 Å². The predicted molar refractivity (Wildman–Crippen MR) is 126 cm³/mol. The first-order valence-corrected chi connectivity index (χ1v) is 10.9. The normalized spacial score (nSPS) is 11.0. The maximum Gasteiger partial charge on any atom is 0.379 e. The van der Waals surface area contributed by atoms with Crippen LogP contribution in [0.3, 0.4) is 0 Å². The Labute approximate surface area is 195 Å². The molecule has 0 saturated carbocycles. The van der Waals surface area contributed by atoms with Crippen molar-refractivity contribution in [1.29, 1.82) is 0 Å². The van der Waals surface area contributed by atoms with Crippen LogP contribution < -0.4 is 0 Å². The first-order chi connectivity index (χ1) is 16.5. The number of hydrogen-bond donors (Lipinski definition) is 0. The minimum absolute atomic E-state index is 0.324. The highest BCUT2D eigenvalue weighted by molar-refractivity contribution is 6.43. The van der Waals surface area contributed by atoms with Gasteiger partial charge in [-0.05, 0) is 25.0 Å². The summed E-state index contributed by atoms with van der Waals surface area (Å²) in [4.78, 5) is 48.4. The average molecular weight is 460 g/mol. The van der Waals surface area contributed by atoms with E-state index in [1.807, 2.05) is 57.7 Å². The summed E-state index contributed by atoms with van der Waals surface area (Å²) in [5, 5.41) is 1.42. The average Bonchev–Trinajstić information content (AvgIpc) is 3.43. The number of aryl methyl sites for hydroxylation is 2. The molecule has 2 heterocycles. The predicted octanol–water partition coefficient (Wildman–Crippen LogP) is 3.79. The molecule has 0 N–H and O–H groups in total. The molecule has 0 atom stereocenters. The molecule has 0 spiro atoms. The Bertz CT molecular complexity index is 1300. The van der Waals surface area contributed by atoms with Gasteiger partial charge in [0.25, 0.3) is 11.6 Å². The van der Waals surface area contributed by atoms with Crippen LogP contribution in [0.4, 0.5) is 0 Å². The fraction of sp³-hybridized carbons (Fsp3) is 0.231. The number of benzene rings is 2. The second-order valence-electron chi connectivity index (χ2n) is 7.86. The molecule has 4 aromatic rings. The van der Waals surface area contributed by atoms with Crippen LogP contribution in [0.15, 0.2) is 60.9 Å². The fourth-order valence-corrected chi connectivity index (χ4v) is 4.20. The molecule has 0 aliphatic heterocycles. The summed E-state index contributed by atoms with van der Waals surface area (Å²) < 4.78 is 13.1. The van der Waals surface area contributed by atoms with E-state index in [0.29, 0.717) is 35.0 Å². The van der Waals surface area contributed by atoms with Crippen LogP contribution in [-0.2, 0) is 32.2 Å². The van der Waals surface area contributed by atoms with E-state index in [-0.39, 0.29) is 0 Å². The number of rotatable bonds is 9. The number of unbranched alkanes of at least 4 members (excludes halogenated alkanes) is 1. The number of ether oxygens (including phenoxy) is 2. The quantitative estimate of drug-likeness (QED) is 0.163. The standard InChI is InChI=1S/C26H24N2O6/c1-33-25(31)23(29)19-15-27(21-11-5-3-9-17(19)21)13-7-8-14-28-16-20(24(30)26(32)34-2)18-10-4-6-12-22(18)28/h3-6,9-12,15-16H,7-8,13-14H2,1-2H3. The lowest BCUT2D eigenvalue weighted by molar-refractivity contribution is -0.135. The lowest BCUT2D eigenvalue weighted by atomic mass is 10.1. The van der Waals surface area contributed by atoms with Crippen molar-refractivity contribution in [2.45, 2.75) is 25.9 Å². The molecule has 0 unspecified atom stereocenters. The van der Waals surface area contributed by atoms with E-state index in [2.05, 4.69) is 9.47 Å². The Morgan fingerprint density at radius 2 is 1.03 bits per heavy atom. The number of esters is 2. The Morgan fingerprint density at radius 3 is 1.41 bits per heavy atom. The zero-order valence-corrected chi connectivity index (χ0v) is 18.9. The first kappa shape index (κ1) is 23.0. The van der Waals surface area contributed by atoms with Gasteiger partial charge in [-0.2, -0.15) is 0 Å². The molecule has 0 fully saturated rings. The van der Waals surface area contributed by atoms with Gasteiger partial charge in [0.15, 0.2) is 0 Å². The summed E-state index contributed by atoms with van der Waals surface area (Å²) in [5.41, 5.74) is 2.38. The van der Waals surface area contributed by atoms with Gasteiger partial charge in [0.1, 0.15) is 0 Å². The number of hydrogen-bond acceptors (Lipinski definition) is 6. The number of carbonyl (C=O) groups excluding carboxylic acids is 4. The Hall–Kier alpha value is -4.20. The van der Waals surface area contributed by atoms with E-state index < -0.39 is 23.5 Å². The summed E-state index contributed by atoms with van der Waals surface area (Å²) in [6.45, 7) is 1.28. The van der Waals surface area contributed by atoms with Crippen LogP contribution in [0.2, 0.25) is 0 Å². The number of nitrogens with zero attached hydrogens (tertiary/aromatic N) is 2. The first-order valence-electron chi connectivity index (χ1n) is 10.9. The minimum atomic E-state index is -0.889. The molecular weight excluding hydrogens is 436 g/mol. The monoisotopic (exact) mass is 460 g/mol. The summed E-state index contributed by atoms with van der Waals surface area (Å²) >= 11 is 0. The smallest absolute Gasteiger partial charge is 0.379 e. The summed E-state index contributed by atoms with van der Waals surface area (Å²) in [7, 11) is 2.38. The fourth-order valence-electron chi connectivity index (χ4n) is 4.20. The molecule has 0 radical (unpaired) electrons. The van der Waals surface area contributed by atoms with Gasteiger partial charge in [-0.3, -0.25) is 9.59 Å². The van der Waals surface area contributed by atoms with Crippen molar-refractivity contribution in [3.63, 3.8) is 0 Å². The summed E-state index contributed by atoms with van der Waals surface area (Å²) in [6, 6.07) is 14.9. The molecule has 0 bridgehead atoms. The van der Waals surface area contributed by atoms with Gasteiger partial charge in [-0.15, -0.1) is 0 Å². The van der Waals surface area contributed by atoms with Crippen molar-refractivity contribution in [2.75, 3.05) is 14.2 Å². The SMILES string of the molecule is COC(=O)C(=O)c1cn(CCCCn2cc(C(=O)C(=O)OC)c3ccccc32)c2ccccc12. The highest BCUT2D eigenvalue weighted by Crippen LogP contribution is 2.24. The van der Waals surface area contributed by atoms with Gasteiger partial charge in [0, 0.05) is 47.3 Å². The highest BCUT2D eigenvalue weighted by atomic mass is 16.5. The van der Waals surface area contributed by atoms with Gasteiger partial charge in [-0.1, -0.05) is 36.4 Å². The van der Waals surface area contributed by atoms with E-state index in [4.69, 9.17) is 0 Å². The summed E-state index contributed by atoms with van der Waals surface area (Å²) in [6.07, 6.45) is 4.97. The number of aromatic nitrogens is 2. The Balaban J connectivity index is 1.50. The molecule has 4 rings (SSSR count). The van der Waals surface area contributed by atoms with Crippen LogP contribution in [0, 0.1) is 0 Å². The zero-order chi connectivity index (χ0) is 24.2. The van der Waals surface area contributed by atoms with E-state index in [9.17, 15) is 19.2 Å². The lowest BCUT2D eigenvalue weighted by Gasteiger charge is -2.07. The zero-order valence-electron chi connectivity index (χ0n) is 18.9. The van der Waals surface area contributed by atoms with Crippen LogP contribution in [-0.4, -0.2) is 46.9 Å². The number of methoxy groups -OCH3 is 2. The molecule has 2 aromatic heterocycles. The Morgan fingerprint density at radius 1 is 0.647 bits per heavy atom. The van der Waals surface area contributed by atoms with Gasteiger partial charge in [0.2, 0.25) is 0 Å². The minimum Gasteiger partial charge on any atom is -0.463 e. The van der Waals surface area contributed by atoms with Crippen molar-refractivity contribution in [3.05, 3.63) is 72.1 Å². The van der Waals surface area contributed by atoms with Crippen LogP contribution in [0.1, 0.15) is 33.6 Å². The van der Waals surface area contributed by atoms with Crippen LogP contribution in [0.5, 0.6) is 0 Å². The Kier molecular flexibility index (Phi) is 6.58. The van der Waals surface area contributed by atoms with E-state index in [1.54, 1.807) is 12.4 Å². The molecule has 174 valence electrons. The molecule has 2 aromatic carbocycles. The molecule has 0 aliphatic rings. The topological polar surface area (TPSA) is 96.6 Å². The highest BCUT2D eigenvalue weighted by Gasteiger charge is 2.23. The van der Waals surface area contributed by atoms with E-state index >= 15 is 0 Å². The van der Waals surface area contributed by atoms with Crippen molar-refractivity contribution in [3.8, 4) is 0 Å². The third-order valence-corrected chi connectivity index (χ3v) is 5.86. The van der Waals surface area contributed by atoms with Crippen molar-refractivity contribution in [1.82, 2.24) is 9.13 Å². The maximum absolute atomic E-state index is 12.4. The molecular formula is C26H24N2O6. The number of Topliss-reactive ketones (excluding diaryl/α,β-unsaturated/α-hetero) is 2. The van der Waals surface area contributed by atoms with Gasteiger partial charge >= 0.3 is 11.9 Å². The van der Waals surface area contributed by atoms with Crippen molar-refractivity contribution < 1.29 is 28.7 Å². The van der Waals surface area contributed by atoms with Gasteiger partial charge < -0.3 is 18.6 Å². The maximum atomic E-state index is 12.4. The third-order valence-electron chi connectivity index (χ3n) is 5.86. The largest absolute Gasteiger partial charge is 0.463 e. The molecule has 34 heavy (non-hydrogen) atoms. The molecule has 0 saturated heterocycles. The molecule has 0 aliphatic carbocycles. The second-order valence-corrected chi connectivity index (χ2v) is 7.86. The number of carbonyl (C=O) groups is 4. The molecule has 0 amide bonds. The van der Waals surface area contributed by atoms with E-state index in [0.717, 1.165) is 23.9 Å². The van der Waals surface area contributed by atoms with Crippen LogP contribution >= 0.6 is 0 Å². The van der Waals surface area contributed by atoms with Crippen LogP contribution in [0.25, 0.3) is 21.8 Å². The molecule has 8 heteroatoms. The van der Waals surface area contributed by atoms with Gasteiger partial charge in [-0.25, -0.2) is 9.59 Å². The second kappa shape index (κ2) is 9.74. The van der Waals surface area contributed by atoms with Crippen molar-refractivity contribution >= 4 is 45.3 Å². The summed E-state index contributed by atoms with van der Waals surface area (Å²) in [5.74, 6) is -3.11. The number of fused-ring (bicyclic) bond motifs is 2. The van der Waals surface area contributed by atoms with Crippen molar-refractivity contribution in [2.24, 2.45) is 0 Å². The number of ketones is 2. The third kappa shape index (κ3) is 4.22. The van der Waals surface area contributed by atoms with Gasteiger partial charge in [0.05, 0.1) is 25.3 Å². The lowest BCUT2D eigenvalue weighted by Crippen LogP contribution is -2.15.